The number of nitrogens with one attached hydrogen (secondary N) is 1. The van der Waals surface area contributed by atoms with Crippen molar-refractivity contribution in [3.8, 4) is 5.75 Å². The zero-order valence-corrected chi connectivity index (χ0v) is 13.3. The number of ether oxygens (including phenoxy) is 1. The second-order valence-corrected chi connectivity index (χ2v) is 6.14. The van der Waals surface area contributed by atoms with Gasteiger partial charge in [-0.05, 0) is 43.3 Å². The molecule has 0 amide bonds. The molecule has 1 N–H and O–H groups in total. The molecule has 104 valence electrons. The zero-order valence-electron chi connectivity index (χ0n) is 11.7. The van der Waals surface area contributed by atoms with Gasteiger partial charge in [0.15, 0.2) is 0 Å². The molecule has 2 aromatic rings. The van der Waals surface area contributed by atoms with Gasteiger partial charge in [0.25, 0.3) is 0 Å². The lowest BCUT2D eigenvalue weighted by Crippen LogP contribution is -2.27. The molecule has 0 radical (unpaired) electrons. The summed E-state index contributed by atoms with van der Waals surface area (Å²) in [5, 5.41) is 3.41. The summed E-state index contributed by atoms with van der Waals surface area (Å²) in [5.74, 6) is 0.979. The van der Waals surface area contributed by atoms with E-state index in [0.29, 0.717) is 6.04 Å². The number of fused-ring (bicyclic) bond motifs is 1. The van der Waals surface area contributed by atoms with Crippen molar-refractivity contribution in [2.24, 2.45) is 0 Å². The summed E-state index contributed by atoms with van der Waals surface area (Å²) in [6.45, 7) is 2.14. The van der Waals surface area contributed by atoms with Crippen LogP contribution in [0, 0.1) is 6.92 Å². The van der Waals surface area contributed by atoms with Crippen LogP contribution in [0.4, 0.5) is 0 Å². The maximum atomic E-state index is 6.23. The highest BCUT2D eigenvalue weighted by molar-refractivity contribution is 9.10. The molecular weight excluding hydrogens is 314 g/mol. The van der Waals surface area contributed by atoms with Gasteiger partial charge in [0, 0.05) is 22.5 Å². The van der Waals surface area contributed by atoms with Crippen molar-refractivity contribution in [2.75, 3.05) is 7.05 Å². The second kappa shape index (κ2) is 5.58. The summed E-state index contributed by atoms with van der Waals surface area (Å²) in [7, 11) is 2.01. The molecule has 2 unspecified atom stereocenters. The van der Waals surface area contributed by atoms with Crippen LogP contribution in [0.15, 0.2) is 46.9 Å². The molecule has 0 saturated heterocycles. The fourth-order valence-corrected chi connectivity index (χ4v) is 3.23. The molecule has 2 atom stereocenters. The van der Waals surface area contributed by atoms with Gasteiger partial charge in [-0.2, -0.15) is 0 Å². The fourth-order valence-electron chi connectivity index (χ4n) is 2.85. The Morgan fingerprint density at radius 3 is 2.70 bits per heavy atom. The molecule has 20 heavy (non-hydrogen) atoms. The van der Waals surface area contributed by atoms with Gasteiger partial charge in [-0.25, -0.2) is 0 Å². The van der Waals surface area contributed by atoms with Crippen LogP contribution >= 0.6 is 15.9 Å². The lowest BCUT2D eigenvalue weighted by atomic mass is 9.91. The summed E-state index contributed by atoms with van der Waals surface area (Å²) >= 11 is 3.54. The van der Waals surface area contributed by atoms with Crippen molar-refractivity contribution in [3.63, 3.8) is 0 Å². The summed E-state index contributed by atoms with van der Waals surface area (Å²) in [6.07, 6.45) is 1.06. The van der Waals surface area contributed by atoms with Crippen LogP contribution in [-0.2, 0) is 0 Å². The molecule has 3 heteroatoms. The van der Waals surface area contributed by atoms with Gasteiger partial charge in [0.2, 0.25) is 0 Å². The maximum absolute atomic E-state index is 6.23. The predicted molar refractivity (Wildman–Crippen MR) is 85.1 cm³/mol. The Morgan fingerprint density at radius 1 is 1.15 bits per heavy atom. The first-order chi connectivity index (χ1) is 9.69. The number of rotatable bonds is 2. The Morgan fingerprint density at radius 2 is 1.95 bits per heavy atom. The predicted octanol–water partition coefficient (Wildman–Crippen LogP) is 4.54. The summed E-state index contributed by atoms with van der Waals surface area (Å²) in [4.78, 5) is 0. The number of aryl methyl sites for hydroxylation is 1. The zero-order chi connectivity index (χ0) is 14.1. The third-order valence-corrected chi connectivity index (χ3v) is 4.44. The first-order valence-electron chi connectivity index (χ1n) is 6.88. The Balaban J connectivity index is 1.99. The maximum Gasteiger partial charge on any atom is 0.126 e. The molecule has 0 bridgehead atoms. The van der Waals surface area contributed by atoms with Crippen LogP contribution in [0.25, 0.3) is 0 Å². The van der Waals surface area contributed by atoms with Crippen LogP contribution in [0.5, 0.6) is 5.75 Å². The van der Waals surface area contributed by atoms with Crippen LogP contribution in [0.2, 0.25) is 0 Å². The summed E-state index contributed by atoms with van der Waals surface area (Å²) < 4.78 is 7.32. The molecule has 0 fully saturated rings. The summed E-state index contributed by atoms with van der Waals surface area (Å²) in [6, 6.07) is 15.0. The van der Waals surface area contributed by atoms with Crippen molar-refractivity contribution >= 4 is 15.9 Å². The standard InChI is InChI=1S/C17H18BrNO/c1-11-5-3-4-6-13(11)17-10-15(19-2)14-9-12(18)7-8-16(14)20-17/h3-9,15,17,19H,10H2,1-2H3. The lowest BCUT2D eigenvalue weighted by Gasteiger charge is -2.33. The normalized spacial score (nSPS) is 21.1. The van der Waals surface area contributed by atoms with Crippen LogP contribution in [0.1, 0.15) is 35.3 Å². The smallest absolute Gasteiger partial charge is 0.126 e. The van der Waals surface area contributed by atoms with Crippen LogP contribution in [-0.4, -0.2) is 7.05 Å². The minimum Gasteiger partial charge on any atom is -0.485 e. The van der Waals surface area contributed by atoms with Crippen LogP contribution in [0.3, 0.4) is 0 Å². The van der Waals surface area contributed by atoms with Gasteiger partial charge in [-0.3, -0.25) is 0 Å². The third kappa shape index (κ3) is 2.48. The second-order valence-electron chi connectivity index (χ2n) is 5.22. The average Bonchev–Trinajstić information content (AvgIpc) is 2.46. The first-order valence-corrected chi connectivity index (χ1v) is 7.67. The van der Waals surface area contributed by atoms with Gasteiger partial charge in [0.05, 0.1) is 0 Å². The minimum atomic E-state index is 0.113. The number of benzene rings is 2. The molecule has 0 aliphatic carbocycles. The monoisotopic (exact) mass is 331 g/mol. The van der Waals surface area contributed by atoms with Crippen LogP contribution < -0.4 is 10.1 Å². The highest BCUT2D eigenvalue weighted by Gasteiger charge is 2.29. The van der Waals surface area contributed by atoms with E-state index in [2.05, 4.69) is 58.5 Å². The first kappa shape index (κ1) is 13.7. The third-order valence-electron chi connectivity index (χ3n) is 3.95. The summed E-state index contributed by atoms with van der Waals surface area (Å²) in [5.41, 5.74) is 3.79. The molecule has 1 aliphatic rings. The van der Waals surface area contributed by atoms with Gasteiger partial charge in [-0.1, -0.05) is 40.2 Å². The number of hydrogen-bond donors (Lipinski definition) is 1. The van der Waals surface area contributed by atoms with E-state index in [1.807, 2.05) is 19.2 Å². The number of halogens is 1. The molecule has 0 spiro atoms. The topological polar surface area (TPSA) is 21.3 Å². The Hall–Kier alpha value is -1.32. The fraction of sp³-hybridized carbons (Fsp3) is 0.294. The van der Waals surface area contributed by atoms with Gasteiger partial charge >= 0.3 is 0 Å². The highest BCUT2D eigenvalue weighted by Crippen LogP contribution is 2.42. The van der Waals surface area contributed by atoms with Gasteiger partial charge in [-0.15, -0.1) is 0 Å². The van der Waals surface area contributed by atoms with E-state index in [1.54, 1.807) is 0 Å². The Kier molecular flexibility index (Phi) is 3.81. The highest BCUT2D eigenvalue weighted by atomic mass is 79.9. The van der Waals surface area contributed by atoms with Gasteiger partial charge < -0.3 is 10.1 Å². The van der Waals surface area contributed by atoms with E-state index in [0.717, 1.165) is 16.6 Å². The molecule has 1 aliphatic heterocycles. The number of hydrogen-bond acceptors (Lipinski definition) is 2. The van der Waals surface area contributed by atoms with Crippen molar-refractivity contribution in [2.45, 2.75) is 25.5 Å². The molecular formula is C17H18BrNO. The molecule has 1 heterocycles. The van der Waals surface area contributed by atoms with E-state index >= 15 is 0 Å². The van der Waals surface area contributed by atoms with E-state index < -0.39 is 0 Å². The lowest BCUT2D eigenvalue weighted by molar-refractivity contribution is 0.153. The van der Waals surface area contributed by atoms with Crippen molar-refractivity contribution in [3.05, 3.63) is 63.6 Å². The van der Waals surface area contributed by atoms with E-state index in [4.69, 9.17) is 4.74 Å². The minimum absolute atomic E-state index is 0.113. The van der Waals surface area contributed by atoms with Gasteiger partial charge in [0.1, 0.15) is 11.9 Å². The Bertz CT molecular complexity index is 626. The molecule has 3 rings (SSSR count). The largest absolute Gasteiger partial charge is 0.485 e. The Labute approximate surface area is 128 Å². The van der Waals surface area contributed by atoms with E-state index in [1.165, 1.54) is 16.7 Å². The van der Waals surface area contributed by atoms with E-state index in [-0.39, 0.29) is 6.10 Å². The molecule has 2 nitrogen and oxygen atoms in total. The van der Waals surface area contributed by atoms with Crippen molar-refractivity contribution in [1.82, 2.24) is 5.32 Å². The molecule has 2 aromatic carbocycles. The van der Waals surface area contributed by atoms with E-state index in [9.17, 15) is 0 Å². The molecule has 0 aromatic heterocycles. The SMILES string of the molecule is CNC1CC(c2ccccc2C)Oc2ccc(Br)cc21. The van der Waals surface area contributed by atoms with Crippen molar-refractivity contribution in [1.29, 1.82) is 0 Å². The molecule has 0 saturated carbocycles. The average molecular weight is 332 g/mol. The quantitative estimate of drug-likeness (QED) is 0.872. The van der Waals surface area contributed by atoms with Crippen molar-refractivity contribution < 1.29 is 4.74 Å².